The fourth-order valence-corrected chi connectivity index (χ4v) is 3.89. The van der Waals surface area contributed by atoms with E-state index in [-0.39, 0.29) is 5.91 Å². The molecular weight excluding hydrogens is 458 g/mol. The van der Waals surface area contributed by atoms with Crippen LogP contribution in [0.25, 0.3) is 0 Å². The van der Waals surface area contributed by atoms with Crippen LogP contribution in [0.5, 0.6) is 17.2 Å². The second-order valence-corrected chi connectivity index (χ2v) is 8.05. The van der Waals surface area contributed by atoms with Crippen molar-refractivity contribution in [3.8, 4) is 17.2 Å². The van der Waals surface area contributed by atoms with E-state index in [1.54, 1.807) is 25.3 Å². The first kappa shape index (κ1) is 26.6. The standard InChI is InChI=1S/C27H35N5O4/c1-7-32-19(4)23(18(3)31-32)15-16-28-27(29-21-10-12-22(13-11-21)36-8-2)30-26(33)20-9-14-24(34-5)25(17-20)35-6/h9-14,17H,7-8,15-16H2,1-6H3,(H2,28,29,30,33). The Labute approximate surface area is 212 Å². The van der Waals surface area contributed by atoms with Crippen molar-refractivity contribution in [2.24, 2.45) is 4.99 Å². The van der Waals surface area contributed by atoms with Gasteiger partial charge in [0.2, 0.25) is 5.96 Å². The summed E-state index contributed by atoms with van der Waals surface area (Å²) in [6, 6.07) is 12.5. The number of benzene rings is 2. The molecule has 1 aromatic heterocycles. The Bertz CT molecular complexity index is 1200. The Morgan fingerprint density at radius 1 is 1.03 bits per heavy atom. The monoisotopic (exact) mass is 493 g/mol. The quantitative estimate of drug-likeness (QED) is 0.321. The van der Waals surface area contributed by atoms with Crippen LogP contribution in [0, 0.1) is 13.8 Å². The average molecular weight is 494 g/mol. The largest absolute Gasteiger partial charge is 0.494 e. The van der Waals surface area contributed by atoms with Gasteiger partial charge in [-0.1, -0.05) is 0 Å². The molecule has 36 heavy (non-hydrogen) atoms. The van der Waals surface area contributed by atoms with Crippen molar-refractivity contribution < 1.29 is 19.0 Å². The number of nitrogens with zero attached hydrogens (tertiary/aromatic N) is 3. The van der Waals surface area contributed by atoms with Gasteiger partial charge in [0, 0.05) is 30.0 Å². The molecule has 3 rings (SSSR count). The summed E-state index contributed by atoms with van der Waals surface area (Å²) >= 11 is 0. The van der Waals surface area contributed by atoms with Gasteiger partial charge in [-0.3, -0.25) is 19.8 Å². The van der Waals surface area contributed by atoms with Gasteiger partial charge in [-0.15, -0.1) is 0 Å². The number of rotatable bonds is 10. The van der Waals surface area contributed by atoms with E-state index in [2.05, 4.69) is 34.6 Å². The van der Waals surface area contributed by atoms with Crippen LogP contribution in [0.1, 0.15) is 41.2 Å². The Morgan fingerprint density at radius 2 is 1.75 bits per heavy atom. The van der Waals surface area contributed by atoms with Gasteiger partial charge in [-0.05, 0) is 82.1 Å². The summed E-state index contributed by atoms with van der Waals surface area (Å²) in [7, 11) is 3.08. The van der Waals surface area contributed by atoms with Crippen molar-refractivity contribution in [1.29, 1.82) is 0 Å². The molecule has 0 atom stereocenters. The van der Waals surface area contributed by atoms with Gasteiger partial charge < -0.3 is 19.5 Å². The molecular formula is C27H35N5O4. The molecule has 0 unspecified atom stereocenters. The maximum Gasteiger partial charge on any atom is 0.258 e. The SMILES string of the molecule is CCOc1ccc(NC(=NCCc2c(C)nn(CC)c2C)NC(=O)c2ccc(OC)c(OC)c2)cc1. The van der Waals surface area contributed by atoms with Gasteiger partial charge in [0.05, 0.1) is 26.5 Å². The number of guanidine groups is 1. The number of carbonyl (C=O) groups excluding carboxylic acids is 1. The molecule has 0 spiro atoms. The van der Waals surface area contributed by atoms with Gasteiger partial charge in [0.25, 0.3) is 5.91 Å². The summed E-state index contributed by atoms with van der Waals surface area (Å²) in [5.74, 6) is 1.82. The molecule has 1 heterocycles. The van der Waals surface area contributed by atoms with Crippen LogP contribution in [0.3, 0.4) is 0 Å². The maximum absolute atomic E-state index is 13.1. The average Bonchev–Trinajstić information content (AvgIpc) is 3.17. The molecule has 192 valence electrons. The van der Waals surface area contributed by atoms with Crippen molar-refractivity contribution in [1.82, 2.24) is 15.1 Å². The molecule has 2 N–H and O–H groups in total. The first-order valence-corrected chi connectivity index (χ1v) is 12.0. The molecule has 3 aromatic rings. The van der Waals surface area contributed by atoms with E-state index in [0.29, 0.717) is 42.6 Å². The number of aliphatic imine (C=N–C) groups is 1. The third-order valence-electron chi connectivity index (χ3n) is 5.77. The number of aryl methyl sites for hydroxylation is 2. The minimum absolute atomic E-state index is 0.320. The number of aromatic nitrogens is 2. The number of nitrogens with one attached hydrogen (secondary N) is 2. The topological polar surface area (TPSA) is 99.0 Å². The fourth-order valence-electron chi connectivity index (χ4n) is 3.89. The zero-order valence-corrected chi connectivity index (χ0v) is 21.8. The van der Waals surface area contributed by atoms with E-state index < -0.39 is 0 Å². The van der Waals surface area contributed by atoms with E-state index in [0.717, 1.165) is 29.4 Å². The van der Waals surface area contributed by atoms with E-state index in [1.807, 2.05) is 42.8 Å². The normalized spacial score (nSPS) is 11.2. The van der Waals surface area contributed by atoms with Crippen LogP contribution in [-0.2, 0) is 13.0 Å². The second-order valence-electron chi connectivity index (χ2n) is 8.05. The zero-order valence-electron chi connectivity index (χ0n) is 21.8. The number of hydrogen-bond acceptors (Lipinski definition) is 6. The lowest BCUT2D eigenvalue weighted by Gasteiger charge is -2.14. The molecule has 0 radical (unpaired) electrons. The number of carbonyl (C=O) groups is 1. The molecule has 9 heteroatoms. The lowest BCUT2D eigenvalue weighted by Crippen LogP contribution is -2.36. The first-order valence-electron chi connectivity index (χ1n) is 12.0. The van der Waals surface area contributed by atoms with Crippen molar-refractivity contribution in [2.75, 3.05) is 32.7 Å². The number of ether oxygens (including phenoxy) is 3. The predicted molar refractivity (Wildman–Crippen MR) is 142 cm³/mol. The van der Waals surface area contributed by atoms with Crippen LogP contribution in [0.4, 0.5) is 5.69 Å². The van der Waals surface area contributed by atoms with Crippen molar-refractivity contribution >= 4 is 17.6 Å². The molecule has 0 aliphatic rings. The summed E-state index contributed by atoms with van der Waals surface area (Å²) in [5, 5.41) is 10.7. The lowest BCUT2D eigenvalue weighted by atomic mass is 10.1. The van der Waals surface area contributed by atoms with E-state index >= 15 is 0 Å². The number of methoxy groups -OCH3 is 2. The highest BCUT2D eigenvalue weighted by Crippen LogP contribution is 2.27. The van der Waals surface area contributed by atoms with Crippen molar-refractivity contribution in [3.05, 3.63) is 65.0 Å². The third-order valence-corrected chi connectivity index (χ3v) is 5.77. The van der Waals surface area contributed by atoms with Crippen molar-refractivity contribution in [2.45, 2.75) is 40.7 Å². The van der Waals surface area contributed by atoms with Gasteiger partial charge in [0.15, 0.2) is 11.5 Å². The maximum atomic E-state index is 13.1. The third kappa shape index (κ3) is 6.56. The van der Waals surface area contributed by atoms with Crippen LogP contribution < -0.4 is 24.8 Å². The van der Waals surface area contributed by atoms with Crippen LogP contribution in [0.2, 0.25) is 0 Å². The molecule has 0 saturated carbocycles. The van der Waals surface area contributed by atoms with Gasteiger partial charge in [0.1, 0.15) is 5.75 Å². The number of hydrogen-bond donors (Lipinski definition) is 2. The first-order chi connectivity index (χ1) is 17.4. The Hall–Kier alpha value is -4.01. The Balaban J connectivity index is 1.81. The molecule has 0 saturated heterocycles. The molecule has 0 aliphatic carbocycles. The van der Waals surface area contributed by atoms with Gasteiger partial charge >= 0.3 is 0 Å². The van der Waals surface area contributed by atoms with Crippen LogP contribution in [-0.4, -0.2) is 49.0 Å². The summed E-state index contributed by atoms with van der Waals surface area (Å²) in [6.45, 7) is 9.98. The highest BCUT2D eigenvalue weighted by Gasteiger charge is 2.14. The molecule has 0 fully saturated rings. The smallest absolute Gasteiger partial charge is 0.258 e. The molecule has 0 aliphatic heterocycles. The molecule has 1 amide bonds. The minimum atomic E-state index is -0.320. The summed E-state index contributed by atoms with van der Waals surface area (Å²) in [4.78, 5) is 17.8. The summed E-state index contributed by atoms with van der Waals surface area (Å²) in [6.07, 6.45) is 0.707. The van der Waals surface area contributed by atoms with E-state index in [9.17, 15) is 4.79 Å². The lowest BCUT2D eigenvalue weighted by molar-refractivity contribution is 0.0976. The molecule has 2 aromatic carbocycles. The van der Waals surface area contributed by atoms with Crippen LogP contribution in [0.15, 0.2) is 47.5 Å². The highest BCUT2D eigenvalue weighted by atomic mass is 16.5. The number of anilines is 1. The van der Waals surface area contributed by atoms with E-state index in [4.69, 9.17) is 14.2 Å². The van der Waals surface area contributed by atoms with E-state index in [1.165, 1.54) is 12.7 Å². The Morgan fingerprint density at radius 3 is 2.36 bits per heavy atom. The molecule has 0 bridgehead atoms. The predicted octanol–water partition coefficient (Wildman–Crippen LogP) is 4.38. The molecule has 9 nitrogen and oxygen atoms in total. The zero-order chi connectivity index (χ0) is 26.1. The minimum Gasteiger partial charge on any atom is -0.494 e. The Kier molecular flexibility index (Phi) is 9.32. The summed E-state index contributed by atoms with van der Waals surface area (Å²) in [5.41, 5.74) is 4.51. The van der Waals surface area contributed by atoms with Gasteiger partial charge in [-0.25, -0.2) is 0 Å². The second kappa shape index (κ2) is 12.6. The van der Waals surface area contributed by atoms with Crippen LogP contribution >= 0.6 is 0 Å². The fraction of sp³-hybridized carbons (Fsp3) is 0.370. The van der Waals surface area contributed by atoms with Gasteiger partial charge in [-0.2, -0.15) is 5.10 Å². The highest BCUT2D eigenvalue weighted by molar-refractivity contribution is 6.10. The van der Waals surface area contributed by atoms with Crippen molar-refractivity contribution in [3.63, 3.8) is 0 Å². The summed E-state index contributed by atoms with van der Waals surface area (Å²) < 4.78 is 18.1. The number of amides is 1.